The highest BCUT2D eigenvalue weighted by molar-refractivity contribution is 5.87. The van der Waals surface area contributed by atoms with E-state index in [4.69, 9.17) is 24.7 Å². The van der Waals surface area contributed by atoms with Gasteiger partial charge in [-0.2, -0.15) is 15.0 Å². The van der Waals surface area contributed by atoms with Crippen molar-refractivity contribution >= 4 is 71.2 Å². The van der Waals surface area contributed by atoms with Gasteiger partial charge in [-0.15, -0.1) is 0 Å². The Morgan fingerprint density at radius 2 is 0.767 bits per heavy atom. The van der Waals surface area contributed by atoms with Crippen molar-refractivity contribution in [3.05, 3.63) is 176 Å². The summed E-state index contributed by atoms with van der Waals surface area (Å²) in [6, 6.07) is 30.2. The van der Waals surface area contributed by atoms with Crippen LogP contribution in [0.5, 0.6) is 0 Å². The van der Waals surface area contributed by atoms with E-state index in [1.807, 2.05) is 0 Å². The average Bonchev–Trinajstić information content (AvgIpc) is 3.12. The van der Waals surface area contributed by atoms with Crippen LogP contribution in [0.3, 0.4) is 0 Å². The number of carbonyl (C=O) groups excluding carboxylic acids is 9. The lowest BCUT2D eigenvalue weighted by atomic mass is 10.2. The molecule has 86 heavy (non-hydrogen) atoms. The van der Waals surface area contributed by atoms with Crippen LogP contribution in [0.2, 0.25) is 0 Å². The van der Waals surface area contributed by atoms with E-state index < -0.39 is 110 Å². The van der Waals surface area contributed by atoms with Crippen molar-refractivity contribution in [1.29, 1.82) is 0 Å². The van der Waals surface area contributed by atoms with Gasteiger partial charge in [0.25, 0.3) is 0 Å². The summed E-state index contributed by atoms with van der Waals surface area (Å²) in [5, 5.41) is 12.1. The molecule has 0 aliphatic rings. The predicted octanol–water partition coefficient (Wildman–Crippen LogP) is -0.147. The zero-order valence-corrected chi connectivity index (χ0v) is 46.4. The number of benzene rings is 3. The third kappa shape index (κ3) is 21.7. The number of ether oxygens (including phenoxy) is 4. The Morgan fingerprint density at radius 1 is 0.453 bits per heavy atom. The van der Waals surface area contributed by atoms with Gasteiger partial charge in [-0.05, 0) is 34.9 Å². The zero-order valence-electron chi connectivity index (χ0n) is 46.4. The minimum atomic E-state index is -0.980. The van der Waals surface area contributed by atoms with Gasteiger partial charge in [0.15, 0.2) is 0 Å². The molecule has 0 radical (unpaired) electrons. The van der Waals surface area contributed by atoms with Crippen LogP contribution in [0.4, 0.5) is 31.8 Å². The number of nitrogens with two attached hydrogens (primary N) is 1. The van der Waals surface area contributed by atoms with Gasteiger partial charge in [0, 0.05) is 57.9 Å². The summed E-state index contributed by atoms with van der Waals surface area (Å²) in [6.07, 6.45) is 0.865. The molecule has 0 bridgehead atoms. The number of nitrogens with one attached hydrogen (secondary N) is 5. The molecule has 0 aliphatic carbocycles. The van der Waals surface area contributed by atoms with E-state index in [0.29, 0.717) is 11.1 Å². The molecule has 31 heteroatoms. The zero-order chi connectivity index (χ0) is 61.8. The Kier molecular flexibility index (Phi) is 24.7. The van der Waals surface area contributed by atoms with Crippen LogP contribution in [-0.2, 0) is 87.2 Å². The largest absolute Gasteiger partial charge is 0.468 e. The Bertz CT molecular complexity index is 3510. The Hall–Kier alpha value is -11.1. The molecular weight excluding hydrogens is 1130 g/mol. The number of esters is 1. The molecule has 0 atom stereocenters. The molecule has 3 aromatic carbocycles. The van der Waals surface area contributed by atoms with Crippen LogP contribution < -0.4 is 49.4 Å². The Morgan fingerprint density at radius 3 is 1.07 bits per heavy atom. The maximum absolute atomic E-state index is 13.9. The van der Waals surface area contributed by atoms with Crippen LogP contribution in [-0.4, -0.2) is 163 Å². The summed E-state index contributed by atoms with van der Waals surface area (Å²) in [7, 11) is 1.08. The first-order valence-corrected chi connectivity index (χ1v) is 26.2. The van der Waals surface area contributed by atoms with Gasteiger partial charge in [0.1, 0.15) is 63.5 Å². The molecule has 3 heterocycles. The summed E-state index contributed by atoms with van der Waals surface area (Å²) in [5.41, 5.74) is 5.07. The molecule has 0 aliphatic heterocycles. The van der Waals surface area contributed by atoms with Crippen molar-refractivity contribution in [2.75, 3.05) is 82.0 Å². The lowest BCUT2D eigenvalue weighted by molar-refractivity contribution is -0.147. The van der Waals surface area contributed by atoms with Crippen molar-refractivity contribution < 1.29 is 62.1 Å². The second-order valence-corrected chi connectivity index (χ2v) is 18.2. The summed E-state index contributed by atoms with van der Waals surface area (Å²) >= 11 is 0. The number of rotatable bonds is 29. The quantitative estimate of drug-likeness (QED) is 0.0263. The van der Waals surface area contributed by atoms with Crippen LogP contribution >= 0.6 is 0 Å². The van der Waals surface area contributed by atoms with Gasteiger partial charge in [-0.25, -0.2) is 28.8 Å². The van der Waals surface area contributed by atoms with Crippen molar-refractivity contribution in [3.63, 3.8) is 0 Å². The normalized spacial score (nSPS) is 10.5. The number of anilines is 3. The van der Waals surface area contributed by atoms with Gasteiger partial charge < -0.3 is 50.0 Å². The highest BCUT2D eigenvalue weighted by atomic mass is 16.6. The van der Waals surface area contributed by atoms with E-state index in [1.54, 1.807) is 91.0 Å². The molecule has 6 aromatic rings. The van der Waals surface area contributed by atoms with Gasteiger partial charge in [-0.1, -0.05) is 91.0 Å². The van der Waals surface area contributed by atoms with Crippen molar-refractivity contribution in [2.24, 2.45) is 5.73 Å². The number of hydrogen-bond acceptors (Lipinski definition) is 20. The third-order valence-electron chi connectivity index (χ3n) is 11.9. The molecule has 0 unspecified atom stereocenters. The first-order valence-electron chi connectivity index (χ1n) is 26.2. The van der Waals surface area contributed by atoms with Gasteiger partial charge in [-0.3, -0.25) is 58.4 Å². The van der Waals surface area contributed by atoms with E-state index in [0.717, 1.165) is 47.3 Å². The number of nitrogens with zero attached hydrogens (tertiary/aromatic N) is 9. The number of methoxy groups -OCH3 is 1. The number of amides is 8. The van der Waals surface area contributed by atoms with E-state index in [9.17, 15) is 57.5 Å². The predicted molar refractivity (Wildman–Crippen MR) is 303 cm³/mol. The van der Waals surface area contributed by atoms with E-state index in [1.165, 1.54) is 30.6 Å². The molecule has 3 aromatic heterocycles. The second-order valence-electron chi connectivity index (χ2n) is 18.2. The summed E-state index contributed by atoms with van der Waals surface area (Å²) in [4.78, 5) is 170. The molecule has 6 rings (SSSR count). The first kappa shape index (κ1) is 64.1. The molecule has 0 fully saturated rings. The molecule has 7 N–H and O–H groups in total. The second kappa shape index (κ2) is 33.1. The van der Waals surface area contributed by atoms with Crippen molar-refractivity contribution in [2.45, 2.75) is 39.5 Å². The van der Waals surface area contributed by atoms with Crippen molar-refractivity contribution in [3.8, 4) is 0 Å². The third-order valence-corrected chi connectivity index (χ3v) is 11.9. The Labute approximate surface area is 489 Å². The van der Waals surface area contributed by atoms with Crippen molar-refractivity contribution in [1.82, 2.24) is 54.0 Å². The van der Waals surface area contributed by atoms with Gasteiger partial charge in [0.2, 0.25) is 29.5 Å². The fraction of sp³-hybridized carbons (Fsp3) is 0.291. The molecular formula is C55H61N15O16. The maximum Gasteiger partial charge on any atom is 0.413 e. The van der Waals surface area contributed by atoms with E-state index in [-0.39, 0.29) is 76.5 Å². The smallest absolute Gasteiger partial charge is 0.413 e. The first-order chi connectivity index (χ1) is 41.4. The monoisotopic (exact) mass is 1190 g/mol. The lowest BCUT2D eigenvalue weighted by Gasteiger charge is -2.25. The van der Waals surface area contributed by atoms with E-state index in [2.05, 4.69) is 41.5 Å². The van der Waals surface area contributed by atoms with Crippen LogP contribution in [0.25, 0.3) is 0 Å². The van der Waals surface area contributed by atoms with Crippen LogP contribution in [0, 0.1) is 0 Å². The summed E-state index contributed by atoms with van der Waals surface area (Å²) < 4.78 is 22.9. The minimum Gasteiger partial charge on any atom is -0.468 e. The van der Waals surface area contributed by atoms with Gasteiger partial charge >= 0.3 is 41.3 Å². The molecule has 0 saturated heterocycles. The molecule has 0 spiro atoms. The fourth-order valence-electron chi connectivity index (χ4n) is 7.56. The minimum absolute atomic E-state index is 0.0409. The highest BCUT2D eigenvalue weighted by Crippen LogP contribution is 2.08. The SMILES string of the molecule is COC(=O)CN(CCNC(=O)CN(CCNC(=O)CN(CCN)C(=O)Cn1ccc(NC(=O)OCc2ccccc2)nc1=O)C(=O)Cn1ccc(NC(=O)OCc2ccccc2)nc1=O)C(=O)Cn1ccc(NC(=O)OCc2ccccc2)nc1=O. The number of carbonyl (C=O) groups is 9. The molecule has 8 amide bonds. The van der Waals surface area contributed by atoms with E-state index >= 15 is 0 Å². The Balaban J connectivity index is 1.06. The highest BCUT2D eigenvalue weighted by Gasteiger charge is 2.24. The maximum atomic E-state index is 13.9. The number of hydrogen-bond donors (Lipinski definition) is 6. The molecule has 0 saturated carbocycles. The van der Waals surface area contributed by atoms with Crippen LogP contribution in [0.15, 0.2) is 142 Å². The molecule has 31 nitrogen and oxygen atoms in total. The summed E-state index contributed by atoms with van der Waals surface area (Å²) in [5.74, 6) is -5.24. The topological polar surface area (TPSA) is 391 Å². The fourth-order valence-corrected chi connectivity index (χ4v) is 7.56. The number of aromatic nitrogens is 6. The standard InChI is InChI=1S/C55H61N15O16/c1-83-49(76)34-67(48(75)33-70-25-19-43(61-52(70)79)64-55(82)86-37-40-15-9-4-10-16-40)28-22-58-45(72)30-66(47(74)32-69-24-18-42(60-51(69)78)63-54(81)85-36-39-13-7-3-8-14-39)27-21-57-44(71)29-65(26-20-56)46(73)31-68-23-17-41(59-50(68)77)62-53(80)84-35-38-11-5-2-6-12-38/h2-19,23-25H,20-22,26-37,56H2,1H3,(H,57,71)(H,58,72)(H,59,62,77,80)(H,60,63,78,81)(H,61,64,79,82). The molecule has 452 valence electrons. The van der Waals surface area contributed by atoms with Crippen LogP contribution in [0.1, 0.15) is 16.7 Å². The van der Waals surface area contributed by atoms with Gasteiger partial charge in [0.05, 0.1) is 20.2 Å². The summed E-state index contributed by atoms with van der Waals surface area (Å²) in [6.45, 7) is -5.48. The average molecular weight is 1190 g/mol. The lowest BCUT2D eigenvalue weighted by Crippen LogP contribution is -2.49.